The summed E-state index contributed by atoms with van der Waals surface area (Å²) >= 11 is 0. The van der Waals surface area contributed by atoms with Crippen molar-refractivity contribution in [2.45, 2.75) is 37.5 Å². The van der Waals surface area contributed by atoms with E-state index in [0.717, 1.165) is 27.1 Å². The van der Waals surface area contributed by atoms with Crippen molar-refractivity contribution in [3.8, 4) is 23.0 Å². The molecule has 4 aromatic carbocycles. The summed E-state index contributed by atoms with van der Waals surface area (Å²) in [7, 11) is -0.590. The van der Waals surface area contributed by atoms with E-state index in [-0.39, 0.29) is 10.3 Å². The molecule has 280 valence electrons. The van der Waals surface area contributed by atoms with Crippen LogP contribution >= 0.6 is 7.14 Å². The third kappa shape index (κ3) is 8.76. The highest BCUT2D eigenvalue weighted by molar-refractivity contribution is 7.89. The molecule has 0 unspecified atom stereocenters. The molecule has 2 amide bonds. The van der Waals surface area contributed by atoms with E-state index in [1.807, 2.05) is 36.4 Å². The molecule has 0 spiro atoms. The SMILES string of the molecule is CCC(C)(C)c1cc(NC(=O)Nc2ccc(Oc3ccnc(Nc4cc(OC)cc(S(=O)(=O)N(C)C)c4)c3)c3ccccc23)c(OC)c(P(C)(C)=O)c1. The summed E-state index contributed by atoms with van der Waals surface area (Å²) < 4.78 is 57.5. The van der Waals surface area contributed by atoms with Crippen LogP contribution in [0.3, 0.4) is 0 Å². The zero-order valence-corrected chi connectivity index (χ0v) is 33.1. The summed E-state index contributed by atoms with van der Waals surface area (Å²) in [6, 6.07) is 22.4. The number of hydrogen-bond acceptors (Lipinski definition) is 9. The summed E-state index contributed by atoms with van der Waals surface area (Å²) in [5.41, 5.74) is 2.15. The fourth-order valence-electron chi connectivity index (χ4n) is 5.60. The monoisotopic (exact) mass is 759 g/mol. The average Bonchev–Trinajstić information content (AvgIpc) is 3.11. The van der Waals surface area contributed by atoms with Crippen molar-refractivity contribution < 1.29 is 32.0 Å². The minimum absolute atomic E-state index is 0.0659. The highest BCUT2D eigenvalue weighted by Gasteiger charge is 2.27. The Hall–Kier alpha value is -5.10. The minimum Gasteiger partial charge on any atom is -0.497 e. The molecular formula is C39H46N5O7PS. The number of ether oxygens (including phenoxy) is 3. The van der Waals surface area contributed by atoms with Crippen LogP contribution in [0.5, 0.6) is 23.0 Å². The Morgan fingerprint density at radius 1 is 0.868 bits per heavy atom. The van der Waals surface area contributed by atoms with Gasteiger partial charge in [0.25, 0.3) is 0 Å². The van der Waals surface area contributed by atoms with Crippen molar-refractivity contribution in [2.24, 2.45) is 0 Å². The number of anilines is 4. The van der Waals surface area contributed by atoms with Crippen molar-refractivity contribution in [1.82, 2.24) is 9.29 Å². The van der Waals surface area contributed by atoms with Gasteiger partial charge in [0, 0.05) is 55.0 Å². The number of nitrogens with zero attached hydrogens (tertiary/aromatic N) is 2. The van der Waals surface area contributed by atoms with E-state index in [9.17, 15) is 17.8 Å². The number of methoxy groups -OCH3 is 2. The van der Waals surface area contributed by atoms with Crippen molar-refractivity contribution in [3.05, 3.63) is 90.6 Å². The Bertz CT molecular complexity index is 2320. The molecule has 0 bridgehead atoms. The van der Waals surface area contributed by atoms with Crippen LogP contribution in [0, 0.1) is 0 Å². The Morgan fingerprint density at radius 2 is 1.57 bits per heavy atom. The molecule has 53 heavy (non-hydrogen) atoms. The molecular weight excluding hydrogens is 713 g/mol. The van der Waals surface area contributed by atoms with Gasteiger partial charge in [-0.3, -0.25) is 0 Å². The van der Waals surface area contributed by atoms with Crippen LogP contribution in [-0.4, -0.2) is 65.4 Å². The fraction of sp³-hybridized carbons (Fsp3) is 0.282. The average molecular weight is 760 g/mol. The highest BCUT2D eigenvalue weighted by atomic mass is 32.2. The van der Waals surface area contributed by atoms with Crippen molar-refractivity contribution in [1.29, 1.82) is 0 Å². The van der Waals surface area contributed by atoms with Crippen LogP contribution in [-0.2, 0) is 20.0 Å². The molecule has 0 aliphatic rings. The number of fused-ring (bicyclic) bond motifs is 1. The highest BCUT2D eigenvalue weighted by Crippen LogP contribution is 2.44. The topological polar surface area (TPSA) is 148 Å². The standard InChI is InChI=1S/C39H46N5O7PS/c1-10-39(2,3)25-19-33(37(50-7)35(20-25)52(8,9)46)43-38(45)42-32-15-16-34(31-14-12-11-13-30(31)32)51-27-17-18-40-36(24-27)41-26-21-28(49-6)23-29(22-26)53(47,48)44(4)5/h11-24H,10H2,1-9H3,(H,40,41)(H2,42,43,45). The lowest BCUT2D eigenvalue weighted by Gasteiger charge is -2.27. The quantitative estimate of drug-likeness (QED) is 0.100. The molecule has 0 fully saturated rings. The van der Waals surface area contributed by atoms with Crippen LogP contribution in [0.4, 0.5) is 27.7 Å². The molecule has 0 radical (unpaired) electrons. The Labute approximate surface area is 311 Å². The van der Waals surface area contributed by atoms with Crippen LogP contribution in [0.2, 0.25) is 0 Å². The zero-order valence-electron chi connectivity index (χ0n) is 31.4. The molecule has 0 aliphatic heterocycles. The fourth-order valence-corrected chi connectivity index (χ4v) is 7.71. The first-order chi connectivity index (χ1) is 25.0. The minimum atomic E-state index is -3.72. The van der Waals surface area contributed by atoms with Gasteiger partial charge >= 0.3 is 6.03 Å². The number of hydrogen-bond donors (Lipinski definition) is 3. The second kappa shape index (κ2) is 15.5. The van der Waals surface area contributed by atoms with E-state index < -0.39 is 23.2 Å². The van der Waals surface area contributed by atoms with E-state index in [1.54, 1.807) is 49.9 Å². The van der Waals surface area contributed by atoms with Crippen LogP contribution in [0.25, 0.3) is 10.8 Å². The maximum Gasteiger partial charge on any atom is 0.323 e. The predicted octanol–water partition coefficient (Wildman–Crippen LogP) is 8.62. The van der Waals surface area contributed by atoms with Crippen molar-refractivity contribution in [2.75, 3.05) is 57.6 Å². The lowest BCUT2D eigenvalue weighted by atomic mass is 9.82. The molecule has 1 heterocycles. The number of benzene rings is 4. The number of pyridine rings is 1. The first-order valence-corrected chi connectivity index (χ1v) is 20.9. The van der Waals surface area contributed by atoms with Crippen LogP contribution in [0.1, 0.15) is 32.8 Å². The maximum absolute atomic E-state index is 13.6. The van der Waals surface area contributed by atoms with Gasteiger partial charge in [-0.2, -0.15) is 0 Å². The van der Waals surface area contributed by atoms with E-state index in [2.05, 4.69) is 41.7 Å². The lowest BCUT2D eigenvalue weighted by Crippen LogP contribution is -2.24. The van der Waals surface area contributed by atoms with Crippen molar-refractivity contribution in [3.63, 3.8) is 0 Å². The van der Waals surface area contributed by atoms with Gasteiger partial charge in [0.1, 0.15) is 30.2 Å². The second-order valence-electron chi connectivity index (χ2n) is 13.7. The Kier molecular flexibility index (Phi) is 11.4. The number of carbonyl (C=O) groups excluding carboxylic acids is 1. The second-order valence-corrected chi connectivity index (χ2v) is 19.0. The van der Waals surface area contributed by atoms with E-state index >= 15 is 0 Å². The summed E-state index contributed by atoms with van der Waals surface area (Å²) in [6.07, 6.45) is 2.41. The molecule has 0 saturated heterocycles. The molecule has 0 atom stereocenters. The molecule has 5 aromatic rings. The third-order valence-electron chi connectivity index (χ3n) is 9.03. The van der Waals surface area contributed by atoms with E-state index in [0.29, 0.717) is 51.2 Å². The van der Waals surface area contributed by atoms with Gasteiger partial charge in [-0.05, 0) is 67.1 Å². The summed E-state index contributed by atoms with van der Waals surface area (Å²) in [6.45, 7) is 9.68. The first kappa shape index (κ1) is 39.1. The molecule has 0 saturated carbocycles. The molecule has 14 heteroatoms. The zero-order chi connectivity index (χ0) is 38.7. The molecule has 5 rings (SSSR count). The Balaban J connectivity index is 1.41. The Morgan fingerprint density at radius 3 is 2.21 bits per heavy atom. The summed E-state index contributed by atoms with van der Waals surface area (Å²) in [5.74, 6) is 2.15. The van der Waals surface area contributed by atoms with Gasteiger partial charge in [0.05, 0.1) is 35.8 Å². The van der Waals surface area contributed by atoms with E-state index in [1.165, 1.54) is 40.4 Å². The van der Waals surface area contributed by atoms with Crippen LogP contribution < -0.4 is 35.5 Å². The predicted molar refractivity (Wildman–Crippen MR) is 213 cm³/mol. The lowest BCUT2D eigenvalue weighted by molar-refractivity contribution is 0.262. The maximum atomic E-state index is 13.6. The van der Waals surface area contributed by atoms with Gasteiger partial charge in [0.2, 0.25) is 10.0 Å². The molecule has 0 aliphatic carbocycles. The summed E-state index contributed by atoms with van der Waals surface area (Å²) in [4.78, 5) is 18.0. The number of aromatic nitrogens is 1. The number of carbonyl (C=O) groups is 1. The van der Waals surface area contributed by atoms with E-state index in [4.69, 9.17) is 14.2 Å². The normalized spacial score (nSPS) is 12.0. The number of sulfonamides is 1. The van der Waals surface area contributed by atoms with Crippen LogP contribution in [0.15, 0.2) is 90.0 Å². The largest absolute Gasteiger partial charge is 0.497 e. The number of rotatable bonds is 13. The number of urea groups is 1. The van der Waals surface area contributed by atoms with Gasteiger partial charge in [-0.1, -0.05) is 45.0 Å². The number of nitrogens with one attached hydrogen (secondary N) is 3. The van der Waals surface area contributed by atoms with Crippen molar-refractivity contribution >= 4 is 62.2 Å². The van der Waals surface area contributed by atoms with Gasteiger partial charge in [0.15, 0.2) is 5.75 Å². The summed E-state index contributed by atoms with van der Waals surface area (Å²) in [5, 5.41) is 11.1. The molecule has 12 nitrogen and oxygen atoms in total. The molecule has 1 aromatic heterocycles. The van der Waals surface area contributed by atoms with Gasteiger partial charge in [-0.25, -0.2) is 22.5 Å². The van der Waals surface area contributed by atoms with Gasteiger partial charge in [-0.15, -0.1) is 0 Å². The number of amides is 2. The third-order valence-corrected chi connectivity index (χ3v) is 12.3. The molecule has 3 N–H and O–H groups in total. The van der Waals surface area contributed by atoms with Gasteiger partial charge < -0.3 is 34.7 Å². The first-order valence-electron chi connectivity index (χ1n) is 16.9. The smallest absolute Gasteiger partial charge is 0.323 e.